The van der Waals surface area contributed by atoms with Crippen LogP contribution in [0.1, 0.15) is 22.5 Å². The van der Waals surface area contributed by atoms with E-state index in [9.17, 15) is 18.8 Å². The Balaban J connectivity index is 1.36. The van der Waals surface area contributed by atoms with Crippen LogP contribution in [0.2, 0.25) is 0 Å². The number of amides is 1. The van der Waals surface area contributed by atoms with Crippen LogP contribution >= 0.6 is 0 Å². The molecular weight excluding hydrogens is 466 g/mol. The van der Waals surface area contributed by atoms with Crippen molar-refractivity contribution in [3.8, 4) is 17.6 Å². The number of ether oxygens (including phenoxy) is 2. The Hall–Kier alpha value is -4.71. The Kier molecular flexibility index (Phi) is 7.25. The number of imidazole rings is 1. The predicted molar refractivity (Wildman–Crippen MR) is 133 cm³/mol. The number of benzene rings is 3. The predicted octanol–water partition coefficient (Wildman–Crippen LogP) is 5.86. The van der Waals surface area contributed by atoms with Crippen molar-refractivity contribution < 1.29 is 23.0 Å². The molecule has 0 spiro atoms. The first kappa shape index (κ1) is 24.4. The number of H-pyrrole nitrogens is 1. The van der Waals surface area contributed by atoms with Crippen LogP contribution in [0.25, 0.3) is 22.7 Å². The number of hydrogen-bond acceptors (Lipinski definition) is 5. The Labute approximate surface area is 206 Å². The number of carbonyl (C=O) groups is 1. The number of nitriles is 1. The fourth-order valence-electron chi connectivity index (χ4n) is 3.44. The normalized spacial score (nSPS) is 11.4. The van der Waals surface area contributed by atoms with Crippen LogP contribution in [0.15, 0.2) is 60.7 Å². The molecule has 0 aliphatic rings. The smallest absolute Gasteiger partial charge is 0.387 e. The van der Waals surface area contributed by atoms with Gasteiger partial charge in [0.2, 0.25) is 0 Å². The molecule has 0 radical (unpaired) electrons. The van der Waals surface area contributed by atoms with Gasteiger partial charge in [-0.3, -0.25) is 4.79 Å². The van der Waals surface area contributed by atoms with Crippen molar-refractivity contribution in [1.29, 1.82) is 5.26 Å². The molecule has 182 valence electrons. The molecule has 1 amide bonds. The van der Waals surface area contributed by atoms with E-state index < -0.39 is 12.5 Å². The minimum absolute atomic E-state index is 0.00143. The summed E-state index contributed by atoms with van der Waals surface area (Å²) in [6, 6.07) is 18.7. The molecule has 2 N–H and O–H groups in total. The van der Waals surface area contributed by atoms with Gasteiger partial charge in [0, 0.05) is 5.69 Å². The molecular formula is C27H22F2N4O3. The third kappa shape index (κ3) is 6.04. The summed E-state index contributed by atoms with van der Waals surface area (Å²) >= 11 is 0. The molecule has 36 heavy (non-hydrogen) atoms. The lowest BCUT2D eigenvalue weighted by molar-refractivity contribution is -0.118. The number of nitrogens with one attached hydrogen (secondary N) is 2. The van der Waals surface area contributed by atoms with E-state index in [1.165, 1.54) is 24.3 Å². The molecule has 4 aromatic rings. The lowest BCUT2D eigenvalue weighted by Gasteiger charge is -2.09. The average Bonchev–Trinajstić information content (AvgIpc) is 3.25. The van der Waals surface area contributed by atoms with Crippen LogP contribution < -0.4 is 14.8 Å². The van der Waals surface area contributed by atoms with Crippen LogP contribution in [-0.4, -0.2) is 29.1 Å². The fourth-order valence-corrected chi connectivity index (χ4v) is 3.44. The number of anilines is 1. The second-order valence-electron chi connectivity index (χ2n) is 8.02. The summed E-state index contributed by atoms with van der Waals surface area (Å²) < 4.78 is 34.2. The number of carbonyl (C=O) groups excluding carboxylic acids is 1. The van der Waals surface area contributed by atoms with E-state index in [4.69, 9.17) is 4.74 Å². The summed E-state index contributed by atoms with van der Waals surface area (Å²) in [5, 5.41) is 12.3. The third-order valence-corrected chi connectivity index (χ3v) is 5.40. The van der Waals surface area contributed by atoms with Crippen LogP contribution in [0.5, 0.6) is 11.5 Å². The number of nitrogens with zero attached hydrogens (tertiary/aromatic N) is 2. The first-order chi connectivity index (χ1) is 17.3. The quantitative estimate of drug-likeness (QED) is 0.303. The molecule has 0 unspecified atom stereocenters. The van der Waals surface area contributed by atoms with Gasteiger partial charge in [0.05, 0.1) is 16.6 Å². The highest BCUT2D eigenvalue weighted by Gasteiger charge is 2.10. The average molecular weight is 488 g/mol. The lowest BCUT2D eigenvalue weighted by Crippen LogP contribution is -2.20. The second-order valence-corrected chi connectivity index (χ2v) is 8.02. The highest BCUT2D eigenvalue weighted by atomic mass is 19.3. The number of aromatic nitrogens is 2. The van der Waals surface area contributed by atoms with E-state index in [1.807, 2.05) is 26.0 Å². The zero-order chi connectivity index (χ0) is 25.7. The fraction of sp³-hybridized carbons (Fsp3) is 0.148. The van der Waals surface area contributed by atoms with Gasteiger partial charge in [-0.2, -0.15) is 14.0 Å². The van der Waals surface area contributed by atoms with Gasteiger partial charge >= 0.3 is 6.61 Å². The number of allylic oxidation sites excluding steroid dienone is 1. The van der Waals surface area contributed by atoms with E-state index in [0.29, 0.717) is 22.8 Å². The number of alkyl halides is 2. The molecule has 7 nitrogen and oxygen atoms in total. The maximum atomic E-state index is 12.2. The van der Waals surface area contributed by atoms with Gasteiger partial charge in [-0.1, -0.05) is 12.1 Å². The Morgan fingerprint density at radius 2 is 1.75 bits per heavy atom. The van der Waals surface area contributed by atoms with E-state index in [-0.39, 0.29) is 12.4 Å². The highest BCUT2D eigenvalue weighted by molar-refractivity contribution is 5.92. The van der Waals surface area contributed by atoms with Gasteiger partial charge in [-0.15, -0.1) is 0 Å². The van der Waals surface area contributed by atoms with Gasteiger partial charge in [-0.05, 0) is 85.1 Å². The van der Waals surface area contributed by atoms with Crippen molar-refractivity contribution in [1.82, 2.24) is 9.97 Å². The number of aryl methyl sites for hydroxylation is 2. The number of halogens is 2. The standard InChI is InChI=1S/C27H22F2N4O3/c1-16-11-23-24(12-17(16)2)33-26(32-23)19(14-30)13-18-3-7-21(8-4-18)35-15-25(34)31-20-5-9-22(10-6-20)36-27(28)29/h3-13,27H,15H2,1-2H3,(H,31,34)(H,32,33)/b19-13+. The molecule has 0 bridgehead atoms. The molecule has 0 saturated carbocycles. The second kappa shape index (κ2) is 10.7. The summed E-state index contributed by atoms with van der Waals surface area (Å²) in [5.74, 6) is 0.543. The third-order valence-electron chi connectivity index (χ3n) is 5.40. The molecule has 0 fully saturated rings. The Morgan fingerprint density at radius 1 is 1.08 bits per heavy atom. The van der Waals surface area contributed by atoms with Gasteiger partial charge < -0.3 is 19.8 Å². The summed E-state index contributed by atoms with van der Waals surface area (Å²) in [5.41, 5.74) is 5.52. The molecule has 1 aromatic heterocycles. The number of rotatable bonds is 8. The molecule has 0 saturated heterocycles. The van der Waals surface area contributed by atoms with Gasteiger partial charge in [0.1, 0.15) is 23.4 Å². The molecule has 1 heterocycles. The number of hydrogen-bond donors (Lipinski definition) is 2. The summed E-state index contributed by atoms with van der Waals surface area (Å²) in [4.78, 5) is 19.9. The van der Waals surface area contributed by atoms with Crippen LogP contribution in [-0.2, 0) is 4.79 Å². The van der Waals surface area contributed by atoms with Crippen molar-refractivity contribution in [2.24, 2.45) is 0 Å². The number of fused-ring (bicyclic) bond motifs is 1. The minimum Gasteiger partial charge on any atom is -0.484 e. The summed E-state index contributed by atoms with van der Waals surface area (Å²) in [6.45, 7) is 0.885. The topological polar surface area (TPSA) is 100 Å². The van der Waals surface area contributed by atoms with Crippen molar-refractivity contribution in [2.45, 2.75) is 20.5 Å². The molecule has 0 aliphatic heterocycles. The summed E-state index contributed by atoms with van der Waals surface area (Å²) in [7, 11) is 0. The Morgan fingerprint density at radius 3 is 2.42 bits per heavy atom. The molecule has 0 aliphatic carbocycles. The zero-order valence-electron chi connectivity index (χ0n) is 19.5. The molecule has 9 heteroatoms. The van der Waals surface area contributed by atoms with E-state index in [2.05, 4.69) is 26.1 Å². The van der Waals surface area contributed by atoms with Crippen LogP contribution in [0.4, 0.5) is 14.5 Å². The van der Waals surface area contributed by atoms with Crippen LogP contribution in [0, 0.1) is 25.2 Å². The van der Waals surface area contributed by atoms with Crippen molar-refractivity contribution in [3.63, 3.8) is 0 Å². The number of aromatic amines is 1. The minimum atomic E-state index is -2.91. The molecule has 4 rings (SSSR count). The zero-order valence-corrected chi connectivity index (χ0v) is 19.5. The first-order valence-electron chi connectivity index (χ1n) is 11.0. The SMILES string of the molecule is Cc1cc2nc(/C(C#N)=C/c3ccc(OCC(=O)Nc4ccc(OC(F)F)cc4)cc3)[nH]c2cc1C. The monoisotopic (exact) mass is 488 g/mol. The lowest BCUT2D eigenvalue weighted by atomic mass is 10.1. The van der Waals surface area contributed by atoms with Crippen molar-refractivity contribution >= 4 is 34.3 Å². The van der Waals surface area contributed by atoms with E-state index >= 15 is 0 Å². The largest absolute Gasteiger partial charge is 0.484 e. The highest BCUT2D eigenvalue weighted by Crippen LogP contribution is 2.23. The maximum Gasteiger partial charge on any atom is 0.387 e. The maximum absolute atomic E-state index is 12.2. The molecule has 3 aromatic carbocycles. The van der Waals surface area contributed by atoms with Gasteiger partial charge in [0.25, 0.3) is 5.91 Å². The van der Waals surface area contributed by atoms with E-state index in [0.717, 1.165) is 27.7 Å². The Bertz CT molecular complexity index is 1410. The van der Waals surface area contributed by atoms with Crippen molar-refractivity contribution in [3.05, 3.63) is 83.2 Å². The van der Waals surface area contributed by atoms with Crippen LogP contribution in [0.3, 0.4) is 0 Å². The van der Waals surface area contributed by atoms with Crippen molar-refractivity contribution in [2.75, 3.05) is 11.9 Å². The van der Waals surface area contributed by atoms with Gasteiger partial charge in [0.15, 0.2) is 6.61 Å². The molecule has 0 atom stereocenters. The first-order valence-corrected chi connectivity index (χ1v) is 11.0. The van der Waals surface area contributed by atoms with E-state index in [1.54, 1.807) is 30.3 Å². The van der Waals surface area contributed by atoms with Gasteiger partial charge in [-0.25, -0.2) is 4.98 Å². The summed E-state index contributed by atoms with van der Waals surface area (Å²) in [6.07, 6.45) is 1.72.